The second-order valence-electron chi connectivity index (χ2n) is 4.56. The zero-order valence-corrected chi connectivity index (χ0v) is 10.9. The monoisotopic (exact) mass is 292 g/mol. The van der Waals surface area contributed by atoms with Gasteiger partial charge in [0, 0.05) is 19.6 Å². The maximum Gasteiger partial charge on any atom is 0.470 e. The van der Waals surface area contributed by atoms with Gasteiger partial charge in [-0.1, -0.05) is 0 Å². The molecule has 6 nitrogen and oxygen atoms in total. The molecular weight excluding hydrogens is 277 g/mol. The summed E-state index contributed by atoms with van der Waals surface area (Å²) in [5.41, 5.74) is 0. The second-order valence-corrected chi connectivity index (χ2v) is 4.56. The first-order valence-corrected chi connectivity index (χ1v) is 6.35. The molecule has 2 rings (SSSR count). The number of hydrogen-bond donors (Lipinski definition) is 1. The van der Waals surface area contributed by atoms with E-state index in [4.69, 9.17) is 0 Å². The van der Waals surface area contributed by atoms with Gasteiger partial charge in [-0.2, -0.15) is 13.2 Å². The van der Waals surface area contributed by atoms with E-state index >= 15 is 0 Å². The average Bonchev–Trinajstić information content (AvgIpc) is 2.89. The highest BCUT2D eigenvalue weighted by Crippen LogP contribution is 2.31. The summed E-state index contributed by atoms with van der Waals surface area (Å²) in [6.45, 7) is 3.15. The lowest BCUT2D eigenvalue weighted by atomic mass is 9.98. The first kappa shape index (κ1) is 14.6. The van der Waals surface area contributed by atoms with Gasteiger partial charge in [0.1, 0.15) is 0 Å². The molecule has 1 aromatic rings. The highest BCUT2D eigenvalue weighted by atomic mass is 19.4. The molecule has 1 saturated heterocycles. The fraction of sp³-hybridized carbons (Fsp3) is 0.727. The lowest BCUT2D eigenvalue weighted by molar-refractivity contribution is -0.157. The van der Waals surface area contributed by atoms with Gasteiger partial charge in [0.25, 0.3) is 0 Å². The van der Waals surface area contributed by atoms with Crippen LogP contribution in [0.1, 0.15) is 37.5 Å². The summed E-state index contributed by atoms with van der Waals surface area (Å²) < 4.78 is 41.9. The zero-order valence-electron chi connectivity index (χ0n) is 10.9. The van der Waals surface area contributed by atoms with Crippen LogP contribution < -0.4 is 5.32 Å². The Morgan fingerprint density at radius 3 is 2.85 bits per heavy atom. The Kier molecular flexibility index (Phi) is 4.15. The molecule has 1 atom stereocenters. The van der Waals surface area contributed by atoms with Gasteiger partial charge < -0.3 is 14.6 Å². The van der Waals surface area contributed by atoms with Crippen molar-refractivity contribution in [3.8, 4) is 0 Å². The van der Waals surface area contributed by atoms with Crippen LogP contribution in [0.2, 0.25) is 0 Å². The number of aromatic nitrogens is 2. The van der Waals surface area contributed by atoms with Crippen molar-refractivity contribution >= 4 is 6.03 Å². The van der Waals surface area contributed by atoms with Crippen molar-refractivity contribution in [2.24, 2.45) is 0 Å². The Bertz CT molecular complexity index is 474. The molecule has 1 aromatic heterocycles. The standard InChI is InChI=1S/C11H15F3N4O2/c1-2-15-10(19)18-5-3-4-7(6-18)8-16-17-9(20-8)11(12,13)14/h7H,2-6H2,1H3,(H,15,19). The Morgan fingerprint density at radius 1 is 1.50 bits per heavy atom. The normalized spacial score (nSPS) is 20.0. The van der Waals surface area contributed by atoms with Crippen LogP contribution in [-0.2, 0) is 6.18 Å². The van der Waals surface area contributed by atoms with Gasteiger partial charge in [-0.3, -0.25) is 0 Å². The van der Waals surface area contributed by atoms with Crippen LogP contribution >= 0.6 is 0 Å². The molecule has 1 unspecified atom stereocenters. The van der Waals surface area contributed by atoms with Crippen molar-refractivity contribution in [3.63, 3.8) is 0 Å². The van der Waals surface area contributed by atoms with Crippen molar-refractivity contribution < 1.29 is 22.4 Å². The molecule has 0 saturated carbocycles. The number of amides is 2. The van der Waals surface area contributed by atoms with Crippen molar-refractivity contribution in [2.45, 2.75) is 31.9 Å². The SMILES string of the molecule is CCNC(=O)N1CCCC(c2nnc(C(F)(F)F)o2)C1. The Labute approximate surface area is 113 Å². The van der Waals surface area contributed by atoms with E-state index in [1.165, 1.54) is 0 Å². The van der Waals surface area contributed by atoms with Crippen LogP contribution in [0.3, 0.4) is 0 Å². The largest absolute Gasteiger partial charge is 0.470 e. The Morgan fingerprint density at radius 2 is 2.25 bits per heavy atom. The zero-order chi connectivity index (χ0) is 14.8. The van der Waals surface area contributed by atoms with Crippen molar-refractivity contribution in [1.29, 1.82) is 0 Å². The van der Waals surface area contributed by atoms with Crippen LogP contribution in [0.5, 0.6) is 0 Å². The topological polar surface area (TPSA) is 71.3 Å². The summed E-state index contributed by atoms with van der Waals surface area (Å²) in [7, 11) is 0. The summed E-state index contributed by atoms with van der Waals surface area (Å²) in [6.07, 6.45) is -3.33. The van der Waals surface area contributed by atoms with Crippen LogP contribution in [0, 0.1) is 0 Å². The van der Waals surface area contributed by atoms with Crippen LogP contribution in [0.15, 0.2) is 4.42 Å². The number of nitrogens with zero attached hydrogens (tertiary/aromatic N) is 3. The molecule has 0 aliphatic carbocycles. The second kappa shape index (κ2) is 5.68. The van der Waals surface area contributed by atoms with Crippen LogP contribution in [0.4, 0.5) is 18.0 Å². The number of nitrogens with one attached hydrogen (secondary N) is 1. The minimum Gasteiger partial charge on any atom is -0.417 e. The predicted octanol–water partition coefficient (Wildman–Crippen LogP) is 2.00. The first-order valence-electron chi connectivity index (χ1n) is 6.35. The number of hydrogen-bond acceptors (Lipinski definition) is 4. The van der Waals surface area contributed by atoms with Gasteiger partial charge in [-0.25, -0.2) is 4.79 Å². The van der Waals surface area contributed by atoms with E-state index in [1.807, 2.05) is 0 Å². The molecule has 1 aliphatic heterocycles. The molecule has 112 valence electrons. The van der Waals surface area contributed by atoms with E-state index < -0.39 is 12.1 Å². The number of urea groups is 1. The molecule has 1 N–H and O–H groups in total. The van der Waals surface area contributed by atoms with Gasteiger partial charge >= 0.3 is 18.1 Å². The number of piperidine rings is 1. The van der Waals surface area contributed by atoms with Crippen molar-refractivity contribution in [2.75, 3.05) is 19.6 Å². The molecule has 0 bridgehead atoms. The van der Waals surface area contributed by atoms with E-state index in [0.717, 1.165) is 0 Å². The summed E-state index contributed by atoms with van der Waals surface area (Å²) in [5.74, 6) is -1.76. The van der Waals surface area contributed by atoms with E-state index in [1.54, 1.807) is 11.8 Å². The number of halogens is 3. The summed E-state index contributed by atoms with van der Waals surface area (Å²) in [5, 5.41) is 9.12. The van der Waals surface area contributed by atoms with E-state index in [9.17, 15) is 18.0 Å². The highest BCUT2D eigenvalue weighted by Gasteiger charge is 2.39. The molecule has 0 radical (unpaired) electrons. The highest BCUT2D eigenvalue weighted by molar-refractivity contribution is 5.74. The van der Waals surface area contributed by atoms with Crippen LogP contribution in [0.25, 0.3) is 0 Å². The maximum absolute atomic E-state index is 12.4. The maximum atomic E-state index is 12.4. The molecule has 9 heteroatoms. The minimum atomic E-state index is -4.64. The third-order valence-electron chi connectivity index (χ3n) is 3.07. The van der Waals surface area contributed by atoms with Crippen molar-refractivity contribution in [1.82, 2.24) is 20.4 Å². The first-order chi connectivity index (χ1) is 9.41. The molecule has 2 heterocycles. The number of rotatable bonds is 2. The van der Waals surface area contributed by atoms with E-state index in [0.29, 0.717) is 25.9 Å². The van der Waals surface area contributed by atoms with Gasteiger partial charge in [-0.05, 0) is 19.8 Å². The third kappa shape index (κ3) is 3.20. The molecule has 1 aliphatic rings. The summed E-state index contributed by atoms with van der Waals surface area (Å²) in [4.78, 5) is 13.3. The van der Waals surface area contributed by atoms with Gasteiger partial charge in [0.05, 0.1) is 5.92 Å². The summed E-state index contributed by atoms with van der Waals surface area (Å²) in [6, 6.07) is -0.229. The van der Waals surface area contributed by atoms with Gasteiger partial charge in [0.2, 0.25) is 5.89 Å². The number of alkyl halides is 3. The minimum absolute atomic E-state index is 0.0636. The molecule has 0 spiro atoms. The molecule has 0 aromatic carbocycles. The third-order valence-corrected chi connectivity index (χ3v) is 3.07. The van der Waals surface area contributed by atoms with E-state index in [-0.39, 0.29) is 24.4 Å². The quantitative estimate of drug-likeness (QED) is 0.905. The lowest BCUT2D eigenvalue weighted by Crippen LogP contribution is -2.44. The molecule has 1 fully saturated rings. The Hall–Kier alpha value is -1.80. The Balaban J connectivity index is 2.05. The number of carbonyl (C=O) groups is 1. The molecule has 20 heavy (non-hydrogen) atoms. The lowest BCUT2D eigenvalue weighted by Gasteiger charge is -2.30. The smallest absolute Gasteiger partial charge is 0.417 e. The van der Waals surface area contributed by atoms with Crippen LogP contribution in [-0.4, -0.2) is 40.8 Å². The van der Waals surface area contributed by atoms with Gasteiger partial charge in [-0.15, -0.1) is 10.2 Å². The average molecular weight is 292 g/mol. The fourth-order valence-electron chi connectivity index (χ4n) is 2.14. The molecular formula is C11H15F3N4O2. The fourth-order valence-corrected chi connectivity index (χ4v) is 2.14. The predicted molar refractivity (Wildman–Crippen MR) is 61.9 cm³/mol. The number of likely N-dealkylation sites (tertiary alicyclic amines) is 1. The van der Waals surface area contributed by atoms with Crippen molar-refractivity contribution in [3.05, 3.63) is 11.8 Å². The molecule has 2 amide bonds. The summed E-state index contributed by atoms with van der Waals surface area (Å²) >= 11 is 0. The number of carbonyl (C=O) groups excluding carboxylic acids is 1. The van der Waals surface area contributed by atoms with Gasteiger partial charge in [0.15, 0.2) is 0 Å². The van der Waals surface area contributed by atoms with E-state index in [2.05, 4.69) is 19.9 Å².